The van der Waals surface area contributed by atoms with Crippen molar-refractivity contribution < 1.29 is 9.13 Å². The number of aromatic nitrogens is 1. The highest BCUT2D eigenvalue weighted by Gasteiger charge is 2.13. The summed E-state index contributed by atoms with van der Waals surface area (Å²) in [5, 5.41) is 3.26. The number of nitrogens with one attached hydrogen (secondary N) is 1. The van der Waals surface area contributed by atoms with E-state index in [0.29, 0.717) is 6.04 Å². The molecule has 2 rings (SSSR count). The molecule has 1 aliphatic rings. The average Bonchev–Trinajstić information content (AvgIpc) is 2.19. The number of nitrogens with zero attached hydrogens (tertiary/aromatic N) is 1. The summed E-state index contributed by atoms with van der Waals surface area (Å²) in [5.41, 5.74) is 0.796. The van der Waals surface area contributed by atoms with Gasteiger partial charge in [0.25, 0.3) is 0 Å². The molecule has 0 saturated carbocycles. The first-order valence-corrected chi connectivity index (χ1v) is 4.80. The van der Waals surface area contributed by atoms with Gasteiger partial charge in [0, 0.05) is 37.2 Å². The molecule has 0 atom stereocenters. The largest absolute Gasteiger partial charge is 0.382 e. The molecule has 0 spiro atoms. The maximum Gasteiger partial charge on any atom is 0.214 e. The van der Waals surface area contributed by atoms with E-state index in [0.717, 1.165) is 31.7 Å². The molecule has 1 N–H and O–H groups in total. The smallest absolute Gasteiger partial charge is 0.214 e. The van der Waals surface area contributed by atoms with Crippen LogP contribution in [0.4, 0.5) is 10.1 Å². The topological polar surface area (TPSA) is 34.1 Å². The Hall–Kier alpha value is -1.16. The molecule has 0 radical (unpaired) electrons. The van der Waals surface area contributed by atoms with Crippen molar-refractivity contribution in [1.29, 1.82) is 0 Å². The van der Waals surface area contributed by atoms with Crippen molar-refractivity contribution in [1.82, 2.24) is 4.98 Å². The van der Waals surface area contributed by atoms with Crippen LogP contribution >= 0.6 is 0 Å². The molecule has 0 aliphatic carbocycles. The Labute approximate surface area is 82.3 Å². The maximum atomic E-state index is 12.7. The number of hydrogen-bond acceptors (Lipinski definition) is 3. The van der Waals surface area contributed by atoms with E-state index in [1.54, 1.807) is 6.07 Å². The van der Waals surface area contributed by atoms with Crippen molar-refractivity contribution in [3.63, 3.8) is 0 Å². The molecular weight excluding hydrogens is 183 g/mol. The molecule has 1 aromatic rings. The first-order chi connectivity index (χ1) is 6.84. The van der Waals surface area contributed by atoms with E-state index in [9.17, 15) is 4.39 Å². The van der Waals surface area contributed by atoms with Crippen molar-refractivity contribution in [2.75, 3.05) is 18.5 Å². The monoisotopic (exact) mass is 196 g/mol. The minimum atomic E-state index is -0.443. The normalized spacial score (nSPS) is 18.1. The van der Waals surface area contributed by atoms with Gasteiger partial charge in [-0.3, -0.25) is 0 Å². The lowest BCUT2D eigenvalue weighted by Crippen LogP contribution is -2.27. The second-order valence-corrected chi connectivity index (χ2v) is 3.40. The molecule has 1 aromatic heterocycles. The van der Waals surface area contributed by atoms with E-state index in [1.165, 1.54) is 12.3 Å². The lowest BCUT2D eigenvalue weighted by atomic mass is 10.1. The zero-order valence-electron chi connectivity index (χ0n) is 7.87. The Bertz CT molecular complexity index is 300. The first kappa shape index (κ1) is 9.40. The quantitative estimate of drug-likeness (QED) is 0.732. The second-order valence-electron chi connectivity index (χ2n) is 3.40. The van der Waals surface area contributed by atoms with Gasteiger partial charge < -0.3 is 10.1 Å². The lowest BCUT2D eigenvalue weighted by Gasteiger charge is -2.23. The fourth-order valence-electron chi connectivity index (χ4n) is 1.57. The summed E-state index contributed by atoms with van der Waals surface area (Å²) in [6, 6.07) is 3.58. The summed E-state index contributed by atoms with van der Waals surface area (Å²) >= 11 is 0. The van der Waals surface area contributed by atoms with Crippen molar-refractivity contribution in [3.8, 4) is 0 Å². The van der Waals surface area contributed by atoms with Gasteiger partial charge in [-0.2, -0.15) is 4.39 Å². The van der Waals surface area contributed by atoms with Gasteiger partial charge >= 0.3 is 0 Å². The fraction of sp³-hybridized carbons (Fsp3) is 0.500. The predicted molar refractivity (Wildman–Crippen MR) is 51.7 cm³/mol. The summed E-state index contributed by atoms with van der Waals surface area (Å²) in [6.07, 6.45) is 3.42. The van der Waals surface area contributed by atoms with Crippen LogP contribution in [0.25, 0.3) is 0 Å². The van der Waals surface area contributed by atoms with Crippen LogP contribution in [0.1, 0.15) is 12.8 Å². The van der Waals surface area contributed by atoms with Crippen LogP contribution in [0.2, 0.25) is 0 Å². The number of halogens is 1. The van der Waals surface area contributed by atoms with Crippen LogP contribution in [0, 0.1) is 5.95 Å². The zero-order valence-corrected chi connectivity index (χ0v) is 7.87. The number of ether oxygens (including phenoxy) is 1. The lowest BCUT2D eigenvalue weighted by molar-refractivity contribution is 0.0904. The highest BCUT2D eigenvalue weighted by Crippen LogP contribution is 2.14. The van der Waals surface area contributed by atoms with Crippen molar-refractivity contribution in [2.45, 2.75) is 18.9 Å². The molecule has 76 valence electrons. The molecular formula is C10H13FN2O. The molecule has 0 aromatic carbocycles. The van der Waals surface area contributed by atoms with Crippen LogP contribution < -0.4 is 5.32 Å². The second kappa shape index (κ2) is 4.37. The molecule has 0 amide bonds. The highest BCUT2D eigenvalue weighted by atomic mass is 19.1. The van der Waals surface area contributed by atoms with Crippen LogP contribution in [-0.2, 0) is 4.74 Å². The summed E-state index contributed by atoms with van der Waals surface area (Å²) in [4.78, 5) is 3.50. The van der Waals surface area contributed by atoms with Crippen LogP contribution in [0.3, 0.4) is 0 Å². The van der Waals surface area contributed by atoms with Crippen LogP contribution in [0.15, 0.2) is 18.3 Å². The van der Waals surface area contributed by atoms with Crippen molar-refractivity contribution in [2.24, 2.45) is 0 Å². The van der Waals surface area contributed by atoms with Gasteiger partial charge in [-0.1, -0.05) is 0 Å². The van der Waals surface area contributed by atoms with Gasteiger partial charge in [0.05, 0.1) is 0 Å². The SMILES string of the molecule is Fc1cc(NC2CCOCC2)ccn1. The van der Waals surface area contributed by atoms with Gasteiger partial charge in [-0.25, -0.2) is 4.98 Å². The summed E-state index contributed by atoms with van der Waals surface area (Å²) in [5.74, 6) is -0.443. The molecule has 14 heavy (non-hydrogen) atoms. The highest BCUT2D eigenvalue weighted by molar-refractivity contribution is 5.42. The minimum Gasteiger partial charge on any atom is -0.382 e. The third-order valence-electron chi connectivity index (χ3n) is 2.32. The van der Waals surface area contributed by atoms with Gasteiger partial charge in [0.1, 0.15) is 0 Å². The Morgan fingerprint density at radius 2 is 2.21 bits per heavy atom. The zero-order chi connectivity index (χ0) is 9.80. The van der Waals surface area contributed by atoms with Crippen molar-refractivity contribution >= 4 is 5.69 Å². The molecule has 1 saturated heterocycles. The minimum absolute atomic E-state index is 0.394. The maximum absolute atomic E-state index is 12.7. The molecule has 4 heteroatoms. The molecule has 0 bridgehead atoms. The fourth-order valence-corrected chi connectivity index (χ4v) is 1.57. The van der Waals surface area contributed by atoms with Crippen LogP contribution in [-0.4, -0.2) is 24.2 Å². The van der Waals surface area contributed by atoms with Crippen LogP contribution in [0.5, 0.6) is 0 Å². The third kappa shape index (κ3) is 2.42. The summed E-state index contributed by atoms with van der Waals surface area (Å²) in [7, 11) is 0. The summed E-state index contributed by atoms with van der Waals surface area (Å²) < 4.78 is 18.0. The van der Waals surface area contributed by atoms with E-state index < -0.39 is 5.95 Å². The van der Waals surface area contributed by atoms with Gasteiger partial charge in [0.2, 0.25) is 5.95 Å². The van der Waals surface area contributed by atoms with E-state index in [4.69, 9.17) is 4.74 Å². The standard InChI is InChI=1S/C10H13FN2O/c11-10-7-9(1-4-12-10)13-8-2-5-14-6-3-8/h1,4,7-8H,2-3,5-6H2,(H,12,13). The Morgan fingerprint density at radius 3 is 2.93 bits per heavy atom. The number of hydrogen-bond donors (Lipinski definition) is 1. The van der Waals surface area contributed by atoms with Gasteiger partial charge in [-0.15, -0.1) is 0 Å². The third-order valence-corrected chi connectivity index (χ3v) is 2.32. The number of rotatable bonds is 2. The Morgan fingerprint density at radius 1 is 1.43 bits per heavy atom. The van der Waals surface area contributed by atoms with E-state index in [-0.39, 0.29) is 0 Å². The first-order valence-electron chi connectivity index (χ1n) is 4.80. The molecule has 1 aliphatic heterocycles. The van der Waals surface area contributed by atoms with Gasteiger partial charge in [0.15, 0.2) is 0 Å². The number of anilines is 1. The van der Waals surface area contributed by atoms with E-state index in [2.05, 4.69) is 10.3 Å². The molecule has 3 nitrogen and oxygen atoms in total. The molecule has 1 fully saturated rings. The van der Waals surface area contributed by atoms with E-state index >= 15 is 0 Å². The number of pyridine rings is 1. The Kier molecular flexibility index (Phi) is 2.93. The predicted octanol–water partition coefficient (Wildman–Crippen LogP) is 1.81. The van der Waals surface area contributed by atoms with Gasteiger partial charge in [-0.05, 0) is 18.9 Å². The molecule has 2 heterocycles. The average molecular weight is 196 g/mol. The Balaban J connectivity index is 1.95. The summed E-state index contributed by atoms with van der Waals surface area (Å²) in [6.45, 7) is 1.57. The van der Waals surface area contributed by atoms with Crippen molar-refractivity contribution in [3.05, 3.63) is 24.3 Å². The van der Waals surface area contributed by atoms with E-state index in [1.807, 2.05) is 0 Å². The molecule has 0 unspecified atom stereocenters.